The van der Waals surface area contributed by atoms with Crippen molar-refractivity contribution in [1.82, 2.24) is 15.2 Å². The maximum atomic E-state index is 13.3. The third kappa shape index (κ3) is 5.27. The largest absolute Gasteiger partial charge is 0.507 e. The van der Waals surface area contributed by atoms with Crippen molar-refractivity contribution >= 4 is 92.1 Å². The molecule has 13 heteroatoms. The van der Waals surface area contributed by atoms with Crippen molar-refractivity contribution in [2.45, 2.75) is 16.1 Å². The van der Waals surface area contributed by atoms with Gasteiger partial charge in [-0.25, -0.2) is 0 Å². The number of carbonyl (C=O) groups excluding carboxylic acids is 2. The number of rotatable bonds is 6. The molecule has 1 amide bonds. The van der Waals surface area contributed by atoms with Gasteiger partial charge < -0.3 is 5.11 Å². The molecule has 1 N–H and O–H groups in total. The minimum atomic E-state index is -1.02. The molecule has 1 aliphatic heterocycles. The van der Waals surface area contributed by atoms with E-state index < -0.39 is 17.7 Å². The number of aromatic nitrogens is 3. The number of hydrogen-bond acceptors (Lipinski definition) is 8. The van der Waals surface area contributed by atoms with Gasteiger partial charge >= 0.3 is 5.91 Å². The number of aliphatic hydroxyl groups is 1. The molecular formula is C25H14Cl4N4O3S2. The van der Waals surface area contributed by atoms with Crippen LogP contribution >= 0.6 is 69.5 Å². The van der Waals surface area contributed by atoms with Gasteiger partial charge in [0, 0.05) is 33.8 Å². The van der Waals surface area contributed by atoms with Crippen LogP contribution in [-0.4, -0.2) is 32.0 Å². The zero-order valence-electron chi connectivity index (χ0n) is 18.9. The van der Waals surface area contributed by atoms with Gasteiger partial charge in [-0.15, -0.1) is 10.2 Å². The standard InChI is InChI=1S/C25H14Cl4N4O3S2/c26-15-3-1-14(17(28)10-15)11-37-25-32-31-24(38-25)33-20(13-2-4-16(27)18(29)9-13)19(22(35)23(33)36)21(34)12-5-7-30-8-6-12/h1-10,20,34H,11H2. The van der Waals surface area contributed by atoms with Crippen LogP contribution in [0.25, 0.3) is 5.76 Å². The predicted molar refractivity (Wildman–Crippen MR) is 151 cm³/mol. The van der Waals surface area contributed by atoms with Crippen molar-refractivity contribution in [3.63, 3.8) is 0 Å². The first-order valence-electron chi connectivity index (χ1n) is 10.8. The van der Waals surface area contributed by atoms with E-state index in [1.54, 1.807) is 30.3 Å². The summed E-state index contributed by atoms with van der Waals surface area (Å²) in [5.74, 6) is -1.58. The van der Waals surface area contributed by atoms with Gasteiger partial charge in [-0.1, -0.05) is 81.6 Å². The highest BCUT2D eigenvalue weighted by Crippen LogP contribution is 2.45. The fourth-order valence-corrected chi connectivity index (χ4v) is 6.56. The highest BCUT2D eigenvalue weighted by Gasteiger charge is 2.48. The van der Waals surface area contributed by atoms with Crippen molar-refractivity contribution in [3.05, 3.63) is 103 Å². The number of halogens is 4. The lowest BCUT2D eigenvalue weighted by Gasteiger charge is -2.22. The summed E-state index contributed by atoms with van der Waals surface area (Å²) in [5.41, 5.74) is 1.53. The van der Waals surface area contributed by atoms with E-state index in [0.717, 1.165) is 16.9 Å². The Morgan fingerprint density at radius 2 is 1.71 bits per heavy atom. The number of thioether (sulfide) groups is 1. The van der Waals surface area contributed by atoms with Crippen LogP contribution in [0.4, 0.5) is 5.13 Å². The Morgan fingerprint density at radius 3 is 2.42 bits per heavy atom. The number of anilines is 1. The van der Waals surface area contributed by atoms with Crippen molar-refractivity contribution < 1.29 is 14.7 Å². The number of Topliss-reactive ketones (excluding diaryl/α,β-unsaturated/α-hetero) is 1. The summed E-state index contributed by atoms with van der Waals surface area (Å²) in [4.78, 5) is 31.7. The van der Waals surface area contributed by atoms with Crippen molar-refractivity contribution in [2.24, 2.45) is 0 Å². The quantitative estimate of drug-likeness (QED) is 0.0782. The van der Waals surface area contributed by atoms with Crippen LogP contribution < -0.4 is 4.90 Å². The molecule has 1 unspecified atom stereocenters. The molecule has 1 atom stereocenters. The van der Waals surface area contributed by atoms with Crippen molar-refractivity contribution in [2.75, 3.05) is 4.90 Å². The van der Waals surface area contributed by atoms with Crippen LogP contribution in [-0.2, 0) is 15.3 Å². The molecule has 2 aromatic carbocycles. The SMILES string of the molecule is O=C1C(=O)N(c2nnc(SCc3ccc(Cl)cc3Cl)s2)C(c2ccc(Cl)c(Cl)c2)C1=C(O)c1ccncc1. The third-order valence-corrected chi connectivity index (χ3v) is 9.06. The Kier molecular flexibility index (Phi) is 7.95. The zero-order chi connectivity index (χ0) is 27.0. The van der Waals surface area contributed by atoms with Gasteiger partial charge in [0.15, 0.2) is 4.34 Å². The number of amides is 1. The van der Waals surface area contributed by atoms with E-state index in [1.807, 2.05) is 6.07 Å². The molecule has 0 spiro atoms. The second kappa shape index (κ2) is 11.2. The number of pyridine rings is 1. The van der Waals surface area contributed by atoms with Gasteiger partial charge in [0.05, 0.1) is 21.7 Å². The lowest BCUT2D eigenvalue weighted by atomic mass is 9.96. The lowest BCUT2D eigenvalue weighted by molar-refractivity contribution is -0.132. The molecule has 0 saturated carbocycles. The Hall–Kier alpha value is -2.66. The summed E-state index contributed by atoms with van der Waals surface area (Å²) < 4.78 is 0.551. The minimum absolute atomic E-state index is 0.114. The maximum Gasteiger partial charge on any atom is 0.301 e. The Balaban J connectivity index is 1.54. The zero-order valence-corrected chi connectivity index (χ0v) is 23.6. The summed E-state index contributed by atoms with van der Waals surface area (Å²) >= 11 is 27.1. The summed E-state index contributed by atoms with van der Waals surface area (Å²) in [5, 5.41) is 21.3. The Labute approximate surface area is 245 Å². The normalized spacial score (nSPS) is 16.8. The van der Waals surface area contributed by atoms with E-state index in [0.29, 0.717) is 36.3 Å². The lowest BCUT2D eigenvalue weighted by Crippen LogP contribution is -2.29. The molecule has 1 fully saturated rings. The van der Waals surface area contributed by atoms with Crippen LogP contribution in [0.2, 0.25) is 20.1 Å². The van der Waals surface area contributed by atoms with Crippen LogP contribution in [0.3, 0.4) is 0 Å². The summed E-state index contributed by atoms with van der Waals surface area (Å²) in [6.45, 7) is 0. The van der Waals surface area contributed by atoms with E-state index in [1.165, 1.54) is 41.2 Å². The van der Waals surface area contributed by atoms with Crippen molar-refractivity contribution in [1.29, 1.82) is 0 Å². The molecule has 7 nitrogen and oxygen atoms in total. The van der Waals surface area contributed by atoms with Gasteiger partial charge in [-0.2, -0.15) is 0 Å². The first-order valence-corrected chi connectivity index (χ1v) is 14.1. The van der Waals surface area contributed by atoms with E-state index in [9.17, 15) is 14.7 Å². The van der Waals surface area contributed by atoms with Crippen LogP contribution in [0, 0.1) is 0 Å². The third-order valence-electron chi connectivity index (χ3n) is 5.63. The summed E-state index contributed by atoms with van der Waals surface area (Å²) in [6.07, 6.45) is 2.95. The van der Waals surface area contributed by atoms with Crippen LogP contribution in [0.1, 0.15) is 22.7 Å². The summed E-state index contributed by atoms with van der Waals surface area (Å²) in [7, 11) is 0. The second-order valence-corrected chi connectivity index (χ2v) is 11.8. The smallest absolute Gasteiger partial charge is 0.301 e. The molecule has 0 bridgehead atoms. The van der Waals surface area contributed by atoms with Crippen molar-refractivity contribution in [3.8, 4) is 0 Å². The first kappa shape index (κ1) is 26.9. The molecule has 0 radical (unpaired) electrons. The highest BCUT2D eigenvalue weighted by atomic mass is 35.5. The van der Waals surface area contributed by atoms with Crippen LogP contribution in [0.15, 0.2) is 70.8 Å². The van der Waals surface area contributed by atoms with Gasteiger partial charge in [-0.3, -0.25) is 19.5 Å². The van der Waals surface area contributed by atoms with E-state index in [-0.39, 0.29) is 21.5 Å². The van der Waals surface area contributed by atoms with Gasteiger partial charge in [0.1, 0.15) is 5.76 Å². The molecule has 1 saturated heterocycles. The Morgan fingerprint density at radius 1 is 0.947 bits per heavy atom. The number of hydrogen-bond donors (Lipinski definition) is 1. The molecule has 192 valence electrons. The first-order chi connectivity index (χ1) is 18.2. The Bertz CT molecular complexity index is 1600. The predicted octanol–water partition coefficient (Wildman–Crippen LogP) is 7.47. The van der Waals surface area contributed by atoms with Crippen LogP contribution in [0.5, 0.6) is 0 Å². The number of benzene rings is 2. The van der Waals surface area contributed by atoms with Gasteiger partial charge in [-0.05, 0) is 47.5 Å². The minimum Gasteiger partial charge on any atom is -0.507 e. The number of nitrogens with zero attached hydrogens (tertiary/aromatic N) is 4. The molecular weight excluding hydrogens is 610 g/mol. The molecule has 4 aromatic rings. The maximum absolute atomic E-state index is 13.3. The average molecular weight is 624 g/mol. The number of aliphatic hydroxyl groups excluding tert-OH is 1. The topological polar surface area (TPSA) is 96.3 Å². The molecule has 2 aromatic heterocycles. The fraction of sp³-hybridized carbons (Fsp3) is 0.0800. The van der Waals surface area contributed by atoms with Gasteiger partial charge in [0.25, 0.3) is 5.78 Å². The van der Waals surface area contributed by atoms with E-state index in [2.05, 4.69) is 15.2 Å². The molecule has 38 heavy (non-hydrogen) atoms. The van der Waals surface area contributed by atoms with E-state index in [4.69, 9.17) is 46.4 Å². The molecule has 0 aliphatic carbocycles. The molecule has 5 rings (SSSR count). The fourth-order valence-electron chi connectivity index (χ4n) is 3.83. The average Bonchev–Trinajstić information content (AvgIpc) is 3.47. The monoisotopic (exact) mass is 622 g/mol. The summed E-state index contributed by atoms with van der Waals surface area (Å²) in [6, 6.07) is 12.0. The highest BCUT2D eigenvalue weighted by molar-refractivity contribution is 8.00. The molecule has 1 aliphatic rings. The number of carbonyl (C=O) groups is 2. The molecule has 3 heterocycles. The van der Waals surface area contributed by atoms with E-state index >= 15 is 0 Å². The van der Waals surface area contributed by atoms with Gasteiger partial charge in [0.2, 0.25) is 5.13 Å². The second-order valence-electron chi connectivity index (χ2n) is 7.95. The number of ketones is 1.